The number of benzene rings is 2. The van der Waals surface area contributed by atoms with Crippen LogP contribution in [0.5, 0.6) is 0 Å². The summed E-state index contributed by atoms with van der Waals surface area (Å²) in [6.45, 7) is 2.01. The average molecular weight is 383 g/mol. The SMILES string of the molecule is CC1[n+]2cccnc2N(c2ccccc2)C1(O)c1ccc(Br)cc1. The minimum absolute atomic E-state index is 0.192. The van der Waals surface area contributed by atoms with Crippen LogP contribution < -0.4 is 9.47 Å². The predicted molar refractivity (Wildman–Crippen MR) is 95.8 cm³/mol. The highest BCUT2D eigenvalue weighted by atomic mass is 79.9. The van der Waals surface area contributed by atoms with Gasteiger partial charge >= 0.3 is 5.95 Å². The number of para-hydroxylation sites is 1. The molecule has 0 amide bonds. The fourth-order valence-electron chi connectivity index (χ4n) is 3.34. The summed E-state index contributed by atoms with van der Waals surface area (Å²) in [5, 5.41) is 11.8. The number of rotatable bonds is 2. The number of hydrogen-bond acceptors (Lipinski definition) is 3. The van der Waals surface area contributed by atoms with Crippen molar-refractivity contribution in [1.82, 2.24) is 4.98 Å². The van der Waals surface area contributed by atoms with Crippen molar-refractivity contribution in [1.29, 1.82) is 0 Å². The Hall–Kier alpha value is -2.24. The summed E-state index contributed by atoms with van der Waals surface area (Å²) in [6, 6.07) is 19.4. The molecule has 1 aliphatic rings. The number of anilines is 2. The largest absolute Gasteiger partial charge is 0.402 e. The minimum Gasteiger partial charge on any atom is -0.352 e. The van der Waals surface area contributed by atoms with Gasteiger partial charge in [-0.25, -0.2) is 4.57 Å². The van der Waals surface area contributed by atoms with E-state index in [1.165, 1.54) is 0 Å². The van der Waals surface area contributed by atoms with E-state index in [0.717, 1.165) is 21.7 Å². The second-order valence-electron chi connectivity index (χ2n) is 5.91. The fourth-order valence-corrected chi connectivity index (χ4v) is 3.60. The van der Waals surface area contributed by atoms with Crippen molar-refractivity contribution in [3.63, 3.8) is 0 Å². The van der Waals surface area contributed by atoms with Crippen LogP contribution in [-0.2, 0) is 5.72 Å². The smallest absolute Gasteiger partial charge is 0.352 e. The Balaban J connectivity index is 1.96. The van der Waals surface area contributed by atoms with Crippen molar-refractivity contribution in [2.45, 2.75) is 18.7 Å². The first-order valence-electron chi connectivity index (χ1n) is 7.82. The molecule has 0 spiro atoms. The molecule has 2 atom stereocenters. The van der Waals surface area contributed by atoms with E-state index in [2.05, 4.69) is 20.9 Å². The van der Waals surface area contributed by atoms with Gasteiger partial charge in [0, 0.05) is 16.1 Å². The highest BCUT2D eigenvalue weighted by Crippen LogP contribution is 2.45. The van der Waals surface area contributed by atoms with Crippen molar-refractivity contribution >= 4 is 27.6 Å². The lowest BCUT2D eigenvalue weighted by molar-refractivity contribution is -0.709. The molecular formula is C19H17BrN3O+. The number of fused-ring (bicyclic) bond motifs is 1. The maximum Gasteiger partial charge on any atom is 0.402 e. The molecule has 0 saturated heterocycles. The van der Waals surface area contributed by atoms with Crippen LogP contribution in [0, 0.1) is 0 Å². The van der Waals surface area contributed by atoms with Crippen LogP contribution in [-0.4, -0.2) is 10.1 Å². The van der Waals surface area contributed by atoms with Crippen LogP contribution in [0.15, 0.2) is 77.5 Å². The molecule has 3 aromatic rings. The molecule has 24 heavy (non-hydrogen) atoms. The van der Waals surface area contributed by atoms with E-state index in [-0.39, 0.29) is 6.04 Å². The summed E-state index contributed by atoms with van der Waals surface area (Å²) in [5.41, 5.74) is 0.510. The van der Waals surface area contributed by atoms with Crippen molar-refractivity contribution in [2.75, 3.05) is 4.90 Å². The quantitative estimate of drug-likeness (QED) is 0.687. The molecule has 2 unspecified atom stereocenters. The van der Waals surface area contributed by atoms with Crippen LogP contribution in [0.3, 0.4) is 0 Å². The van der Waals surface area contributed by atoms with E-state index in [0.29, 0.717) is 0 Å². The molecule has 0 aliphatic carbocycles. The Morgan fingerprint density at radius 3 is 2.50 bits per heavy atom. The van der Waals surface area contributed by atoms with Crippen molar-refractivity contribution in [3.8, 4) is 0 Å². The second kappa shape index (κ2) is 5.69. The van der Waals surface area contributed by atoms with Gasteiger partial charge in [0.05, 0.1) is 6.20 Å². The zero-order valence-corrected chi connectivity index (χ0v) is 14.8. The fraction of sp³-hybridized carbons (Fsp3) is 0.158. The number of hydrogen-bond donors (Lipinski definition) is 1. The Labute approximate surface area is 149 Å². The van der Waals surface area contributed by atoms with Crippen molar-refractivity contribution < 1.29 is 9.67 Å². The summed E-state index contributed by atoms with van der Waals surface area (Å²) in [5.74, 6) is 0.724. The van der Waals surface area contributed by atoms with E-state index in [1.54, 1.807) is 6.20 Å². The zero-order valence-electron chi connectivity index (χ0n) is 13.2. The molecule has 2 heterocycles. The highest BCUT2D eigenvalue weighted by Gasteiger charge is 2.57. The van der Waals surface area contributed by atoms with Gasteiger partial charge in [-0.3, -0.25) is 0 Å². The Morgan fingerprint density at radius 2 is 1.79 bits per heavy atom. The van der Waals surface area contributed by atoms with E-state index in [4.69, 9.17) is 0 Å². The Bertz CT molecular complexity index is 869. The highest BCUT2D eigenvalue weighted by molar-refractivity contribution is 9.10. The molecule has 4 nitrogen and oxygen atoms in total. The van der Waals surface area contributed by atoms with Gasteiger partial charge in [-0.2, -0.15) is 4.90 Å². The van der Waals surface area contributed by atoms with E-state index in [9.17, 15) is 5.11 Å². The summed E-state index contributed by atoms with van der Waals surface area (Å²) in [6.07, 6.45) is 3.71. The van der Waals surface area contributed by atoms with Crippen molar-refractivity contribution in [3.05, 3.63) is 83.1 Å². The third kappa shape index (κ3) is 2.16. The monoisotopic (exact) mass is 382 g/mol. The maximum absolute atomic E-state index is 11.8. The third-order valence-electron chi connectivity index (χ3n) is 4.58. The average Bonchev–Trinajstić information content (AvgIpc) is 2.85. The number of aliphatic hydroxyl groups is 1. The van der Waals surface area contributed by atoms with Gasteiger partial charge in [-0.15, -0.1) is 0 Å². The molecule has 4 rings (SSSR count). The van der Waals surface area contributed by atoms with Crippen molar-refractivity contribution in [2.24, 2.45) is 0 Å². The van der Waals surface area contributed by atoms with Gasteiger partial charge in [-0.1, -0.05) is 51.2 Å². The van der Waals surface area contributed by atoms with Gasteiger partial charge < -0.3 is 5.11 Å². The Morgan fingerprint density at radius 1 is 1.08 bits per heavy atom. The van der Waals surface area contributed by atoms with Gasteiger partial charge in [0.2, 0.25) is 0 Å². The van der Waals surface area contributed by atoms with Crippen LogP contribution in [0.1, 0.15) is 18.5 Å². The van der Waals surface area contributed by atoms with E-state index < -0.39 is 5.72 Å². The second-order valence-corrected chi connectivity index (χ2v) is 6.82. The molecular weight excluding hydrogens is 366 g/mol. The van der Waals surface area contributed by atoms with Crippen LogP contribution >= 0.6 is 15.9 Å². The van der Waals surface area contributed by atoms with E-state index in [1.807, 2.05) is 83.3 Å². The summed E-state index contributed by atoms with van der Waals surface area (Å²) >= 11 is 3.46. The molecule has 0 fully saturated rings. The molecule has 0 saturated carbocycles. The first kappa shape index (κ1) is 15.3. The predicted octanol–water partition coefficient (Wildman–Crippen LogP) is 3.69. The summed E-state index contributed by atoms with van der Waals surface area (Å²) < 4.78 is 2.99. The zero-order chi connectivity index (χ0) is 16.7. The molecule has 0 bridgehead atoms. The van der Waals surface area contributed by atoms with Gasteiger partial charge in [0.15, 0.2) is 0 Å². The summed E-state index contributed by atoms with van der Waals surface area (Å²) in [7, 11) is 0. The number of halogens is 1. The lowest BCUT2D eigenvalue weighted by Crippen LogP contribution is -2.47. The first-order valence-corrected chi connectivity index (χ1v) is 8.61. The number of nitrogens with zero attached hydrogens (tertiary/aromatic N) is 3. The standard InChI is InChI=1S/C19H17BrN3O/c1-14-19(24,15-8-10-16(20)11-9-15)23(17-6-3-2-4-7-17)18-21-12-5-13-22(14)18/h2-14,24H,1H3/q+1. The molecule has 2 aromatic carbocycles. The first-order chi connectivity index (χ1) is 11.6. The maximum atomic E-state index is 11.8. The minimum atomic E-state index is -1.22. The molecule has 1 N–H and O–H groups in total. The normalized spacial score (nSPS) is 22.5. The topological polar surface area (TPSA) is 40.2 Å². The molecule has 1 aromatic heterocycles. The lowest BCUT2D eigenvalue weighted by Gasteiger charge is -2.31. The van der Waals surface area contributed by atoms with Crippen LogP contribution in [0.4, 0.5) is 11.6 Å². The summed E-state index contributed by atoms with van der Waals surface area (Å²) in [4.78, 5) is 6.43. The third-order valence-corrected chi connectivity index (χ3v) is 5.11. The Kier molecular flexibility index (Phi) is 3.62. The number of aromatic nitrogens is 2. The van der Waals surface area contributed by atoms with E-state index >= 15 is 0 Å². The molecule has 0 radical (unpaired) electrons. The van der Waals surface area contributed by atoms with Crippen LogP contribution in [0.25, 0.3) is 0 Å². The molecule has 120 valence electrons. The van der Waals surface area contributed by atoms with Crippen LogP contribution in [0.2, 0.25) is 0 Å². The molecule has 1 aliphatic heterocycles. The lowest BCUT2D eigenvalue weighted by atomic mass is 9.95. The van der Waals surface area contributed by atoms with Gasteiger partial charge in [0.1, 0.15) is 17.9 Å². The molecule has 5 heteroatoms. The van der Waals surface area contributed by atoms with Gasteiger partial charge in [0.25, 0.3) is 5.72 Å². The van der Waals surface area contributed by atoms with Gasteiger partial charge in [-0.05, 0) is 31.2 Å².